The van der Waals surface area contributed by atoms with Crippen LogP contribution >= 0.6 is 0 Å². The number of methoxy groups -OCH3 is 1. The normalized spacial score (nSPS) is 18.4. The average molecular weight is 407 g/mol. The van der Waals surface area contributed by atoms with E-state index in [1.807, 2.05) is 18.2 Å². The number of anilines is 1. The predicted octanol–water partition coefficient (Wildman–Crippen LogP) is 4.90. The van der Waals surface area contributed by atoms with Crippen LogP contribution in [0.4, 0.5) is 5.69 Å². The van der Waals surface area contributed by atoms with E-state index in [1.54, 1.807) is 14.0 Å². The number of rotatable bonds is 8. The fourth-order valence-electron chi connectivity index (χ4n) is 3.44. The summed E-state index contributed by atoms with van der Waals surface area (Å²) in [5.74, 6) is 1.07. The fraction of sp³-hybridized carbons (Fsp3) is 0.375. The molecule has 1 amide bonds. The Bertz CT molecular complexity index is 939. The van der Waals surface area contributed by atoms with E-state index < -0.39 is 0 Å². The minimum absolute atomic E-state index is 0.0248. The molecule has 0 radical (unpaired) electrons. The zero-order valence-corrected chi connectivity index (χ0v) is 17.8. The molecule has 0 aliphatic heterocycles. The Labute approximate surface area is 178 Å². The van der Waals surface area contributed by atoms with Crippen molar-refractivity contribution in [1.29, 1.82) is 10.8 Å². The lowest BCUT2D eigenvalue weighted by Gasteiger charge is -2.20. The number of amidine groups is 1. The molecule has 1 aromatic rings. The van der Waals surface area contributed by atoms with Crippen molar-refractivity contribution in [3.63, 3.8) is 0 Å². The number of amides is 1. The van der Waals surface area contributed by atoms with E-state index in [4.69, 9.17) is 15.6 Å². The number of carbonyl (C=O) groups excluding carboxylic acids is 1. The highest BCUT2D eigenvalue weighted by Crippen LogP contribution is 2.37. The van der Waals surface area contributed by atoms with E-state index in [1.165, 1.54) is 6.08 Å². The highest BCUT2D eigenvalue weighted by atomic mass is 16.5. The van der Waals surface area contributed by atoms with Crippen LogP contribution in [0.1, 0.15) is 45.1 Å². The minimum Gasteiger partial charge on any atom is -0.494 e. The smallest absolute Gasteiger partial charge is 0.228 e. The van der Waals surface area contributed by atoms with Crippen molar-refractivity contribution < 1.29 is 9.53 Å². The summed E-state index contributed by atoms with van der Waals surface area (Å²) in [6.45, 7) is 3.83. The van der Waals surface area contributed by atoms with Crippen LogP contribution in [0.5, 0.6) is 5.75 Å². The van der Waals surface area contributed by atoms with Crippen LogP contribution in [0.2, 0.25) is 0 Å². The molecule has 4 N–H and O–H groups in total. The van der Waals surface area contributed by atoms with Gasteiger partial charge in [0.15, 0.2) is 0 Å². The minimum atomic E-state index is -0.126. The Balaban J connectivity index is 1.86. The average Bonchev–Trinajstić information content (AvgIpc) is 3.58. The third-order valence-corrected chi connectivity index (χ3v) is 5.37. The third-order valence-electron chi connectivity index (χ3n) is 5.37. The van der Waals surface area contributed by atoms with Crippen LogP contribution < -0.4 is 15.4 Å². The SMILES string of the molecule is CCC1C=C(c2cccc(N/C(=C/C(=N)NC(=O)C3CC3)C(C)=N)c2OC)C=CC1. The molecule has 0 bridgehead atoms. The van der Waals surface area contributed by atoms with Crippen molar-refractivity contribution in [2.45, 2.75) is 39.5 Å². The van der Waals surface area contributed by atoms with Crippen molar-refractivity contribution in [3.05, 3.63) is 53.8 Å². The summed E-state index contributed by atoms with van der Waals surface area (Å²) in [6, 6.07) is 5.86. The van der Waals surface area contributed by atoms with Gasteiger partial charge in [0, 0.05) is 17.6 Å². The van der Waals surface area contributed by atoms with Gasteiger partial charge in [-0.2, -0.15) is 0 Å². The fourth-order valence-corrected chi connectivity index (χ4v) is 3.44. The van der Waals surface area contributed by atoms with Gasteiger partial charge in [0.25, 0.3) is 0 Å². The molecule has 1 unspecified atom stereocenters. The first-order valence-electron chi connectivity index (χ1n) is 10.4. The molecule has 0 spiro atoms. The van der Waals surface area contributed by atoms with Gasteiger partial charge in [-0.05, 0) is 50.2 Å². The largest absolute Gasteiger partial charge is 0.494 e. The van der Waals surface area contributed by atoms with Gasteiger partial charge >= 0.3 is 0 Å². The molecule has 0 saturated heterocycles. The number of carbonyl (C=O) groups is 1. The van der Waals surface area contributed by atoms with Crippen LogP contribution in [0.25, 0.3) is 5.57 Å². The standard InChI is InChI=1S/C24H30N4O2/c1-4-16-7-5-8-18(13-16)19-9-6-10-20(23(19)30-3)27-21(15(2)25)14-22(26)28-24(29)17-11-12-17/h5-6,8-10,13-14,16-17,25,27H,4,7,11-12H2,1-3H3,(H2,26,28,29)/b21-14+,25-15?. The van der Waals surface area contributed by atoms with Crippen molar-refractivity contribution in [1.82, 2.24) is 5.32 Å². The molecule has 0 heterocycles. The van der Waals surface area contributed by atoms with Gasteiger partial charge in [0.1, 0.15) is 11.6 Å². The van der Waals surface area contributed by atoms with Crippen molar-refractivity contribution in [2.24, 2.45) is 11.8 Å². The Hall–Kier alpha value is -3.15. The molecule has 1 fully saturated rings. The molecule has 3 rings (SSSR count). The molecule has 1 atom stereocenters. The quantitative estimate of drug-likeness (QED) is 0.365. The molecular formula is C24H30N4O2. The topological polar surface area (TPSA) is 98.1 Å². The summed E-state index contributed by atoms with van der Waals surface area (Å²) in [4.78, 5) is 11.9. The van der Waals surface area contributed by atoms with E-state index in [2.05, 4.69) is 35.8 Å². The van der Waals surface area contributed by atoms with E-state index in [0.29, 0.717) is 23.1 Å². The van der Waals surface area contributed by atoms with Crippen LogP contribution in [0, 0.1) is 22.7 Å². The third kappa shape index (κ3) is 5.26. The second-order valence-electron chi connectivity index (χ2n) is 7.80. The van der Waals surface area contributed by atoms with E-state index >= 15 is 0 Å². The first-order chi connectivity index (χ1) is 14.4. The highest BCUT2D eigenvalue weighted by molar-refractivity contribution is 6.09. The van der Waals surface area contributed by atoms with Crippen LogP contribution in [-0.4, -0.2) is 24.6 Å². The van der Waals surface area contributed by atoms with Crippen molar-refractivity contribution in [2.75, 3.05) is 12.4 Å². The molecular weight excluding hydrogens is 376 g/mol. The van der Waals surface area contributed by atoms with Crippen molar-refractivity contribution in [3.8, 4) is 5.75 Å². The van der Waals surface area contributed by atoms with Crippen molar-refractivity contribution >= 4 is 28.7 Å². The zero-order valence-electron chi connectivity index (χ0n) is 17.8. The van der Waals surface area contributed by atoms with Gasteiger partial charge in [-0.15, -0.1) is 0 Å². The highest BCUT2D eigenvalue weighted by Gasteiger charge is 2.29. The summed E-state index contributed by atoms with van der Waals surface area (Å²) in [5, 5.41) is 22.0. The van der Waals surface area contributed by atoms with Gasteiger partial charge in [-0.1, -0.05) is 37.3 Å². The Morgan fingerprint density at radius 1 is 1.30 bits per heavy atom. The second-order valence-corrected chi connectivity index (χ2v) is 7.80. The summed E-state index contributed by atoms with van der Waals surface area (Å²) >= 11 is 0. The Morgan fingerprint density at radius 2 is 2.07 bits per heavy atom. The number of ether oxygens (including phenoxy) is 1. The molecule has 2 aliphatic carbocycles. The zero-order chi connectivity index (χ0) is 21.7. The Morgan fingerprint density at radius 3 is 2.70 bits per heavy atom. The lowest BCUT2D eigenvalue weighted by molar-refractivity contribution is -0.120. The first-order valence-corrected chi connectivity index (χ1v) is 10.4. The Kier molecular flexibility index (Phi) is 6.87. The van der Waals surface area contributed by atoms with Crippen LogP contribution in [0.15, 0.2) is 48.2 Å². The number of hydrogen-bond acceptors (Lipinski definition) is 5. The molecule has 158 valence electrons. The molecule has 1 aromatic carbocycles. The lowest BCUT2D eigenvalue weighted by Crippen LogP contribution is -2.30. The number of nitrogens with one attached hydrogen (secondary N) is 4. The molecule has 30 heavy (non-hydrogen) atoms. The van der Waals surface area contributed by atoms with E-state index in [9.17, 15) is 4.79 Å². The summed E-state index contributed by atoms with van der Waals surface area (Å²) in [6.07, 6.45) is 12.0. The predicted molar refractivity (Wildman–Crippen MR) is 122 cm³/mol. The summed E-state index contributed by atoms with van der Waals surface area (Å²) in [7, 11) is 1.63. The molecule has 1 saturated carbocycles. The maximum Gasteiger partial charge on any atom is 0.228 e. The van der Waals surface area contributed by atoms with Crippen LogP contribution in [-0.2, 0) is 4.79 Å². The maximum absolute atomic E-state index is 11.9. The van der Waals surface area contributed by atoms with Gasteiger partial charge < -0.3 is 20.8 Å². The van der Waals surface area contributed by atoms with E-state index in [-0.39, 0.29) is 23.4 Å². The summed E-state index contributed by atoms with van der Waals surface area (Å²) in [5.41, 5.74) is 3.51. The van der Waals surface area contributed by atoms with Gasteiger partial charge in [0.2, 0.25) is 5.91 Å². The number of para-hydroxylation sites is 1. The van der Waals surface area contributed by atoms with Gasteiger partial charge in [-0.25, -0.2) is 0 Å². The molecule has 0 aromatic heterocycles. The molecule has 6 heteroatoms. The second kappa shape index (κ2) is 9.57. The lowest BCUT2D eigenvalue weighted by atomic mass is 9.90. The van der Waals surface area contributed by atoms with E-state index in [0.717, 1.165) is 36.8 Å². The molecule has 6 nitrogen and oxygen atoms in total. The summed E-state index contributed by atoms with van der Waals surface area (Å²) < 4.78 is 5.73. The number of benzene rings is 1. The maximum atomic E-state index is 11.9. The van der Waals surface area contributed by atoms with Gasteiger partial charge in [-0.3, -0.25) is 10.2 Å². The van der Waals surface area contributed by atoms with Gasteiger partial charge in [0.05, 0.1) is 24.2 Å². The van der Waals surface area contributed by atoms with Crippen LogP contribution in [0.3, 0.4) is 0 Å². The first kappa shape index (κ1) is 21.6. The monoisotopic (exact) mass is 406 g/mol. The number of allylic oxidation sites excluding steroid dienone is 5. The number of hydrogen-bond donors (Lipinski definition) is 4. The molecule has 2 aliphatic rings.